The molecule has 200 valence electrons. The third-order valence-corrected chi connectivity index (χ3v) is 6.98. The molecule has 1 amide bonds. The number of nitrogens with zero attached hydrogens (tertiary/aromatic N) is 4. The van der Waals surface area contributed by atoms with Gasteiger partial charge in [0, 0.05) is 53.7 Å². The Balaban J connectivity index is 1.17. The van der Waals surface area contributed by atoms with E-state index in [1.54, 1.807) is 18.3 Å². The Morgan fingerprint density at radius 3 is 2.52 bits per heavy atom. The number of rotatable bonds is 7. The second kappa shape index (κ2) is 11.6. The Hall–Kier alpha value is -4.66. The van der Waals surface area contributed by atoms with Crippen LogP contribution in [-0.2, 0) is 11.3 Å². The van der Waals surface area contributed by atoms with Crippen molar-refractivity contribution in [2.45, 2.75) is 13.5 Å². The fraction of sp³-hybridized carbons (Fsp3) is 0.188. The van der Waals surface area contributed by atoms with Crippen LogP contribution in [0.4, 0.5) is 17.3 Å². The van der Waals surface area contributed by atoms with Crippen LogP contribution in [-0.4, -0.2) is 52.1 Å². The van der Waals surface area contributed by atoms with Gasteiger partial charge >= 0.3 is 0 Å². The van der Waals surface area contributed by atoms with Crippen LogP contribution in [0.25, 0.3) is 22.3 Å². The van der Waals surface area contributed by atoms with E-state index in [9.17, 15) is 4.79 Å². The van der Waals surface area contributed by atoms with Crippen LogP contribution < -0.4 is 10.6 Å². The van der Waals surface area contributed by atoms with Gasteiger partial charge in [0.15, 0.2) is 5.65 Å². The highest BCUT2D eigenvalue weighted by Crippen LogP contribution is 2.27. The zero-order chi connectivity index (χ0) is 27.3. The number of carbonyl (C=O) groups is 1. The van der Waals surface area contributed by atoms with Crippen LogP contribution in [0.1, 0.15) is 21.5 Å². The Morgan fingerprint density at radius 2 is 1.73 bits per heavy atom. The lowest BCUT2D eigenvalue weighted by Crippen LogP contribution is -2.35. The van der Waals surface area contributed by atoms with Gasteiger partial charge in [0.25, 0.3) is 5.91 Å². The first-order valence-electron chi connectivity index (χ1n) is 13.4. The van der Waals surface area contributed by atoms with Crippen LogP contribution in [0.5, 0.6) is 0 Å². The third kappa shape index (κ3) is 5.83. The number of anilines is 3. The molecule has 1 aliphatic rings. The Kier molecular flexibility index (Phi) is 7.43. The number of hydrogen-bond donors (Lipinski definition) is 2. The predicted molar refractivity (Wildman–Crippen MR) is 158 cm³/mol. The van der Waals surface area contributed by atoms with Gasteiger partial charge in [-0.05, 0) is 60.5 Å². The highest BCUT2D eigenvalue weighted by atomic mass is 16.5. The fourth-order valence-corrected chi connectivity index (χ4v) is 4.78. The minimum Gasteiger partial charge on any atom is -0.379 e. The molecule has 6 rings (SSSR count). The average Bonchev–Trinajstić information content (AvgIpc) is 3.00. The smallest absolute Gasteiger partial charge is 0.255 e. The highest BCUT2D eigenvalue weighted by Gasteiger charge is 2.14. The molecule has 1 saturated heterocycles. The molecule has 40 heavy (non-hydrogen) atoms. The van der Waals surface area contributed by atoms with Crippen LogP contribution in [0.3, 0.4) is 0 Å². The van der Waals surface area contributed by atoms with E-state index in [0.717, 1.165) is 66.4 Å². The maximum Gasteiger partial charge on any atom is 0.255 e. The molecule has 0 bridgehead atoms. The molecule has 1 fully saturated rings. The number of morpholine rings is 1. The minimum atomic E-state index is -0.157. The van der Waals surface area contributed by atoms with Crippen molar-refractivity contribution in [2.24, 2.45) is 0 Å². The van der Waals surface area contributed by atoms with Gasteiger partial charge in [0.2, 0.25) is 5.95 Å². The standard InChI is InChI=1S/C32H30N6O2/c1-22-9-10-23(21-38-16-18-40-19-17-38)20-28(22)35-31(39)25-11-13-26(14-12-25)34-32-36-29(24-6-3-2-4-7-24)27-8-5-15-33-30(27)37-32/h2-15,20H,16-19,21H2,1H3,(H,35,39)(H,33,34,36,37). The zero-order valence-corrected chi connectivity index (χ0v) is 22.3. The van der Waals surface area contributed by atoms with Crippen molar-refractivity contribution < 1.29 is 9.53 Å². The lowest BCUT2D eigenvalue weighted by Gasteiger charge is -2.26. The molecule has 8 heteroatoms. The van der Waals surface area contributed by atoms with Crippen LogP contribution >= 0.6 is 0 Å². The largest absolute Gasteiger partial charge is 0.379 e. The van der Waals surface area contributed by atoms with Crippen molar-refractivity contribution >= 4 is 34.3 Å². The van der Waals surface area contributed by atoms with Crippen molar-refractivity contribution in [1.29, 1.82) is 0 Å². The third-order valence-electron chi connectivity index (χ3n) is 6.98. The van der Waals surface area contributed by atoms with E-state index >= 15 is 0 Å². The molecule has 8 nitrogen and oxygen atoms in total. The number of aryl methyl sites for hydroxylation is 1. The summed E-state index contributed by atoms with van der Waals surface area (Å²) >= 11 is 0. The lowest BCUT2D eigenvalue weighted by atomic mass is 10.1. The van der Waals surface area contributed by atoms with E-state index in [4.69, 9.17) is 9.72 Å². The topological polar surface area (TPSA) is 92.3 Å². The van der Waals surface area contributed by atoms with Gasteiger partial charge in [-0.1, -0.05) is 42.5 Å². The molecule has 0 radical (unpaired) electrons. The number of pyridine rings is 1. The lowest BCUT2D eigenvalue weighted by molar-refractivity contribution is 0.0342. The second-order valence-corrected chi connectivity index (χ2v) is 9.83. The molecule has 0 atom stereocenters. The van der Waals surface area contributed by atoms with Crippen LogP contribution in [0.2, 0.25) is 0 Å². The Morgan fingerprint density at radius 1 is 0.925 bits per heavy atom. The summed E-state index contributed by atoms with van der Waals surface area (Å²) in [6, 6.07) is 27.4. The van der Waals surface area contributed by atoms with Crippen LogP contribution in [0, 0.1) is 6.92 Å². The Labute approximate surface area is 233 Å². The van der Waals surface area contributed by atoms with Crippen molar-refractivity contribution in [3.8, 4) is 11.3 Å². The van der Waals surface area contributed by atoms with E-state index < -0.39 is 0 Å². The van der Waals surface area contributed by atoms with E-state index in [0.29, 0.717) is 17.2 Å². The summed E-state index contributed by atoms with van der Waals surface area (Å²) < 4.78 is 5.45. The predicted octanol–water partition coefficient (Wildman–Crippen LogP) is 5.83. The number of carbonyl (C=O) groups excluding carboxylic acids is 1. The molecule has 3 heterocycles. The maximum atomic E-state index is 13.1. The number of nitrogens with one attached hydrogen (secondary N) is 2. The number of hydrogen-bond acceptors (Lipinski definition) is 7. The SMILES string of the molecule is Cc1ccc(CN2CCOCC2)cc1NC(=O)c1ccc(Nc2nc(-c3ccccc3)c3cccnc3n2)cc1. The van der Waals surface area contributed by atoms with Gasteiger partial charge in [-0.15, -0.1) is 0 Å². The summed E-state index contributed by atoms with van der Waals surface area (Å²) in [5.74, 6) is 0.283. The normalized spacial score (nSPS) is 13.7. The quantitative estimate of drug-likeness (QED) is 0.274. The maximum absolute atomic E-state index is 13.1. The molecule has 5 aromatic rings. The highest BCUT2D eigenvalue weighted by molar-refractivity contribution is 6.05. The first kappa shape index (κ1) is 25.6. The molecule has 3 aromatic carbocycles. The van der Waals surface area contributed by atoms with E-state index in [1.165, 1.54) is 5.56 Å². The first-order valence-corrected chi connectivity index (χ1v) is 13.4. The van der Waals surface area contributed by atoms with Crippen LogP contribution in [0.15, 0.2) is 91.1 Å². The van der Waals surface area contributed by atoms with Gasteiger partial charge in [-0.3, -0.25) is 9.69 Å². The summed E-state index contributed by atoms with van der Waals surface area (Å²) in [5.41, 5.74) is 6.76. The molecular formula is C32H30N6O2. The molecule has 0 aliphatic carbocycles. The summed E-state index contributed by atoms with van der Waals surface area (Å²) in [6.07, 6.45) is 1.72. The van der Waals surface area contributed by atoms with Crippen molar-refractivity contribution in [3.63, 3.8) is 0 Å². The fourth-order valence-electron chi connectivity index (χ4n) is 4.78. The van der Waals surface area contributed by atoms with Gasteiger partial charge in [-0.25, -0.2) is 9.97 Å². The van der Waals surface area contributed by atoms with Gasteiger partial charge in [0.1, 0.15) is 0 Å². The number of aromatic nitrogens is 3. The van der Waals surface area contributed by atoms with E-state index in [2.05, 4.69) is 43.7 Å². The monoisotopic (exact) mass is 530 g/mol. The minimum absolute atomic E-state index is 0.157. The number of amides is 1. The molecular weight excluding hydrogens is 500 g/mol. The van der Waals surface area contributed by atoms with Gasteiger partial charge < -0.3 is 15.4 Å². The molecule has 0 saturated carbocycles. The molecule has 0 unspecified atom stereocenters. The number of benzene rings is 3. The Bertz CT molecular complexity index is 1630. The molecule has 2 N–H and O–H groups in total. The van der Waals surface area contributed by atoms with Crippen molar-refractivity contribution in [2.75, 3.05) is 36.9 Å². The average molecular weight is 531 g/mol. The molecule has 1 aliphatic heterocycles. The number of ether oxygens (including phenoxy) is 1. The molecule has 0 spiro atoms. The van der Waals surface area contributed by atoms with Gasteiger partial charge in [-0.2, -0.15) is 4.98 Å². The van der Waals surface area contributed by atoms with Gasteiger partial charge in [0.05, 0.1) is 18.9 Å². The zero-order valence-electron chi connectivity index (χ0n) is 22.3. The summed E-state index contributed by atoms with van der Waals surface area (Å²) in [5, 5.41) is 7.24. The summed E-state index contributed by atoms with van der Waals surface area (Å²) in [7, 11) is 0. The van der Waals surface area contributed by atoms with Crippen molar-refractivity contribution in [1.82, 2.24) is 19.9 Å². The summed E-state index contributed by atoms with van der Waals surface area (Å²) in [4.78, 5) is 29.3. The number of fused-ring (bicyclic) bond motifs is 1. The van der Waals surface area contributed by atoms with Crippen molar-refractivity contribution in [3.05, 3.63) is 108 Å². The second-order valence-electron chi connectivity index (χ2n) is 9.83. The summed E-state index contributed by atoms with van der Waals surface area (Å²) in [6.45, 7) is 6.21. The molecule has 2 aromatic heterocycles. The first-order chi connectivity index (χ1) is 19.6. The van der Waals surface area contributed by atoms with E-state index in [1.807, 2.05) is 61.5 Å². The van der Waals surface area contributed by atoms with E-state index in [-0.39, 0.29) is 5.91 Å².